The van der Waals surface area contributed by atoms with Gasteiger partial charge in [0.25, 0.3) is 10.0 Å². The lowest BCUT2D eigenvalue weighted by Gasteiger charge is -2.41. The fourth-order valence-electron chi connectivity index (χ4n) is 3.27. The van der Waals surface area contributed by atoms with E-state index in [1.807, 2.05) is 0 Å². The first-order chi connectivity index (χ1) is 15.2. The predicted molar refractivity (Wildman–Crippen MR) is 107 cm³/mol. The molecule has 0 saturated carbocycles. The van der Waals surface area contributed by atoms with Gasteiger partial charge in [0, 0.05) is 23.0 Å². The third-order valence-corrected chi connectivity index (χ3v) is 6.91. The molecule has 0 saturated heterocycles. The molecule has 0 atom stereocenters. The van der Waals surface area contributed by atoms with Gasteiger partial charge < -0.3 is 10.6 Å². The molecular formula is C18H13F6N5O2S2. The van der Waals surface area contributed by atoms with Crippen LogP contribution >= 0.6 is 11.3 Å². The van der Waals surface area contributed by atoms with Crippen LogP contribution in [-0.4, -0.2) is 25.8 Å². The minimum absolute atomic E-state index is 0.0554. The molecule has 176 valence electrons. The monoisotopic (exact) mass is 509 g/mol. The Bertz CT molecular complexity index is 1240. The number of allylic oxidation sites excluding steroid dienone is 3. The Morgan fingerprint density at radius 1 is 1.15 bits per heavy atom. The van der Waals surface area contributed by atoms with E-state index in [-0.39, 0.29) is 21.8 Å². The topological polar surface area (TPSA) is 112 Å². The fourth-order valence-corrected chi connectivity index (χ4v) is 5.06. The molecule has 1 aliphatic heterocycles. The molecule has 1 aromatic carbocycles. The number of hydrogen-bond acceptors (Lipinski definition) is 7. The number of sulfonamides is 1. The number of nitrogens with two attached hydrogens (primary N) is 1. The molecule has 0 unspecified atom stereocenters. The van der Waals surface area contributed by atoms with Crippen LogP contribution in [0.15, 0.2) is 63.9 Å². The number of nitrogens with one attached hydrogen (secondary N) is 1. The molecule has 7 nitrogen and oxygen atoms in total. The minimum atomic E-state index is -5.90. The molecule has 0 radical (unpaired) electrons. The Hall–Kier alpha value is -3.25. The highest BCUT2D eigenvalue weighted by Crippen LogP contribution is 2.58. The summed E-state index contributed by atoms with van der Waals surface area (Å²) in [6.45, 7) is 0.960. The smallest absolute Gasteiger partial charge is 0.384 e. The van der Waals surface area contributed by atoms with E-state index in [1.165, 1.54) is 11.6 Å². The Balaban J connectivity index is 2.07. The van der Waals surface area contributed by atoms with Crippen molar-refractivity contribution in [3.8, 4) is 6.07 Å². The van der Waals surface area contributed by atoms with E-state index < -0.39 is 44.9 Å². The summed E-state index contributed by atoms with van der Waals surface area (Å²) in [6.07, 6.45) is -10.5. The van der Waals surface area contributed by atoms with Gasteiger partial charge in [0.05, 0.1) is 10.5 Å². The molecule has 3 rings (SSSR count). The quantitative estimate of drug-likeness (QED) is 0.588. The molecule has 0 amide bonds. The molecule has 2 heterocycles. The van der Waals surface area contributed by atoms with E-state index in [0.717, 1.165) is 53.5 Å². The maximum Gasteiger partial charge on any atom is 0.411 e. The van der Waals surface area contributed by atoms with Crippen LogP contribution < -0.4 is 15.4 Å². The molecule has 3 N–H and O–H groups in total. The molecule has 15 heteroatoms. The average Bonchev–Trinajstić information content (AvgIpc) is 3.18. The Kier molecular flexibility index (Phi) is 5.88. The standard InChI is InChI=1S/C18H13F6N5O2S2/c1-10-8-16(17(19,20)21,18(22,23)24)13(9-25)14(26)29(10)11-2-4-12(5-3-11)33(30,31)28-15-27-6-7-32-15/h2-8H,26H2,1H3,(H,27,28). The van der Waals surface area contributed by atoms with Gasteiger partial charge in [0.15, 0.2) is 5.13 Å². The number of alkyl halides is 6. The van der Waals surface area contributed by atoms with Gasteiger partial charge in [-0.15, -0.1) is 11.3 Å². The molecule has 0 bridgehead atoms. The average molecular weight is 509 g/mol. The van der Waals surface area contributed by atoms with Gasteiger partial charge in [-0.3, -0.25) is 4.72 Å². The van der Waals surface area contributed by atoms with E-state index in [2.05, 4.69) is 9.71 Å². The van der Waals surface area contributed by atoms with Crippen molar-refractivity contribution in [3.63, 3.8) is 0 Å². The van der Waals surface area contributed by atoms with Crippen molar-refractivity contribution in [2.24, 2.45) is 11.1 Å². The maximum absolute atomic E-state index is 13.6. The largest absolute Gasteiger partial charge is 0.411 e. The molecular weight excluding hydrogens is 496 g/mol. The molecule has 0 aliphatic carbocycles. The highest BCUT2D eigenvalue weighted by atomic mass is 32.2. The van der Waals surface area contributed by atoms with Crippen LogP contribution in [0.4, 0.5) is 37.2 Å². The number of thiazole rings is 1. The van der Waals surface area contributed by atoms with Crippen LogP contribution in [0.3, 0.4) is 0 Å². The van der Waals surface area contributed by atoms with Crippen molar-refractivity contribution < 1.29 is 34.8 Å². The third-order valence-electron chi connectivity index (χ3n) is 4.73. The zero-order chi connectivity index (χ0) is 24.8. The van der Waals surface area contributed by atoms with Crippen LogP contribution in [0.25, 0.3) is 0 Å². The Morgan fingerprint density at radius 3 is 2.18 bits per heavy atom. The summed E-state index contributed by atoms with van der Waals surface area (Å²) in [6, 6.07) is 5.37. The number of anilines is 2. The lowest BCUT2D eigenvalue weighted by atomic mass is 9.75. The van der Waals surface area contributed by atoms with Gasteiger partial charge in [0.2, 0.25) is 5.41 Å². The first-order valence-corrected chi connectivity index (χ1v) is 11.1. The van der Waals surface area contributed by atoms with Gasteiger partial charge in [-0.2, -0.15) is 31.6 Å². The van der Waals surface area contributed by atoms with E-state index in [1.54, 1.807) is 0 Å². The van der Waals surface area contributed by atoms with Crippen LogP contribution in [0.5, 0.6) is 0 Å². The second kappa shape index (κ2) is 7.96. The van der Waals surface area contributed by atoms with E-state index in [9.17, 15) is 40.0 Å². The number of aromatic nitrogens is 1. The zero-order valence-electron chi connectivity index (χ0n) is 16.4. The summed E-state index contributed by atoms with van der Waals surface area (Å²) in [5, 5.41) is 10.8. The maximum atomic E-state index is 13.6. The molecule has 0 fully saturated rings. The van der Waals surface area contributed by atoms with Gasteiger partial charge in [-0.1, -0.05) is 0 Å². The van der Waals surface area contributed by atoms with Crippen LogP contribution in [0.1, 0.15) is 6.92 Å². The Labute approximate surface area is 187 Å². The van der Waals surface area contributed by atoms with Crippen molar-refractivity contribution in [3.05, 3.63) is 59.0 Å². The second-order valence-corrected chi connectivity index (χ2v) is 9.31. The normalized spacial score (nSPS) is 16.9. The number of nitrogens with zero attached hydrogens (tertiary/aromatic N) is 3. The van der Waals surface area contributed by atoms with E-state index in [4.69, 9.17) is 5.73 Å². The van der Waals surface area contributed by atoms with Gasteiger partial charge in [-0.05, 0) is 37.3 Å². The van der Waals surface area contributed by atoms with Crippen LogP contribution in [0, 0.1) is 16.7 Å². The number of nitriles is 1. The summed E-state index contributed by atoms with van der Waals surface area (Å²) < 4.78 is 109. The highest BCUT2D eigenvalue weighted by Gasteiger charge is 2.73. The van der Waals surface area contributed by atoms with Crippen LogP contribution in [-0.2, 0) is 10.0 Å². The summed E-state index contributed by atoms with van der Waals surface area (Å²) in [5.74, 6) is -1.08. The molecule has 0 spiro atoms. The highest BCUT2D eigenvalue weighted by molar-refractivity contribution is 7.93. The Morgan fingerprint density at radius 2 is 1.73 bits per heavy atom. The fraction of sp³-hybridized carbons (Fsp3) is 0.222. The van der Waals surface area contributed by atoms with E-state index >= 15 is 0 Å². The van der Waals surface area contributed by atoms with Crippen molar-refractivity contribution in [2.75, 3.05) is 9.62 Å². The zero-order valence-corrected chi connectivity index (χ0v) is 18.0. The van der Waals surface area contributed by atoms with Gasteiger partial charge in [0.1, 0.15) is 11.9 Å². The summed E-state index contributed by atoms with van der Waals surface area (Å²) in [5.41, 5.74) is -1.29. The van der Waals surface area contributed by atoms with E-state index in [0.29, 0.717) is 0 Å². The third kappa shape index (κ3) is 4.00. The second-order valence-electron chi connectivity index (χ2n) is 6.73. The number of rotatable bonds is 4. The predicted octanol–water partition coefficient (Wildman–Crippen LogP) is 4.47. The molecule has 2 aromatic rings. The first kappa shape index (κ1) is 24.4. The lowest BCUT2D eigenvalue weighted by molar-refractivity contribution is -0.306. The van der Waals surface area contributed by atoms with Crippen molar-refractivity contribution in [1.29, 1.82) is 5.26 Å². The molecule has 1 aromatic heterocycles. The number of benzene rings is 1. The summed E-state index contributed by atoms with van der Waals surface area (Å²) >= 11 is 1.02. The minimum Gasteiger partial charge on any atom is -0.384 e. The van der Waals surface area contributed by atoms with Crippen molar-refractivity contribution >= 4 is 32.2 Å². The lowest BCUT2D eigenvalue weighted by Crippen LogP contribution is -2.54. The van der Waals surface area contributed by atoms with Crippen molar-refractivity contribution in [2.45, 2.75) is 24.2 Å². The molecule has 33 heavy (non-hydrogen) atoms. The van der Waals surface area contributed by atoms with Gasteiger partial charge in [-0.25, -0.2) is 13.4 Å². The van der Waals surface area contributed by atoms with Gasteiger partial charge >= 0.3 is 12.4 Å². The number of halogens is 6. The SMILES string of the molecule is CC1=CC(C(F)(F)F)(C(F)(F)F)C(C#N)=C(N)N1c1ccc(S(=O)(=O)Nc2nccs2)cc1. The number of hydrogen-bond donors (Lipinski definition) is 2. The summed E-state index contributed by atoms with van der Waals surface area (Å²) in [4.78, 5) is 4.34. The molecule has 1 aliphatic rings. The first-order valence-electron chi connectivity index (χ1n) is 8.71. The summed E-state index contributed by atoms with van der Waals surface area (Å²) in [7, 11) is -4.06. The van der Waals surface area contributed by atoms with Crippen molar-refractivity contribution in [1.82, 2.24) is 4.98 Å². The van der Waals surface area contributed by atoms with Crippen LogP contribution in [0.2, 0.25) is 0 Å².